The molecule has 0 aliphatic rings. The van der Waals surface area contributed by atoms with Gasteiger partial charge in [-0.2, -0.15) is 13.8 Å². The molecular formula is C5H7F2N3O. The average Bonchev–Trinajstić information content (AvgIpc) is 2.33. The van der Waals surface area contributed by atoms with Crippen LogP contribution in [-0.4, -0.2) is 10.1 Å². The van der Waals surface area contributed by atoms with Crippen LogP contribution in [0.5, 0.6) is 0 Å². The Morgan fingerprint density at radius 2 is 2.18 bits per heavy atom. The number of alkyl halides is 2. The van der Waals surface area contributed by atoms with Crippen LogP contribution in [0.25, 0.3) is 0 Å². The molecule has 6 heteroatoms. The van der Waals surface area contributed by atoms with E-state index in [0.717, 1.165) is 0 Å². The van der Waals surface area contributed by atoms with Crippen molar-refractivity contribution in [2.75, 3.05) is 0 Å². The molecule has 0 spiro atoms. The Morgan fingerprint density at radius 3 is 2.45 bits per heavy atom. The number of rotatable bonds is 2. The van der Waals surface area contributed by atoms with Gasteiger partial charge in [-0.05, 0) is 6.92 Å². The lowest BCUT2D eigenvalue weighted by atomic mass is 10.3. The third-order valence-corrected chi connectivity index (χ3v) is 1.05. The summed E-state index contributed by atoms with van der Waals surface area (Å²) < 4.78 is 27.8. The fourth-order valence-corrected chi connectivity index (χ4v) is 0.521. The molecule has 11 heavy (non-hydrogen) atoms. The smallest absolute Gasteiger partial charge is 0.315 e. The van der Waals surface area contributed by atoms with Gasteiger partial charge in [-0.3, -0.25) is 0 Å². The Hall–Kier alpha value is -1.04. The monoisotopic (exact) mass is 163 g/mol. The van der Waals surface area contributed by atoms with E-state index in [9.17, 15) is 8.78 Å². The fourth-order valence-electron chi connectivity index (χ4n) is 0.521. The summed E-state index contributed by atoms with van der Waals surface area (Å²) in [6.07, 6.45) is -2.73. The molecule has 1 heterocycles. The third kappa shape index (κ3) is 1.70. The van der Waals surface area contributed by atoms with Crippen molar-refractivity contribution in [1.82, 2.24) is 10.1 Å². The van der Waals surface area contributed by atoms with Crippen molar-refractivity contribution in [3.8, 4) is 0 Å². The van der Waals surface area contributed by atoms with Crippen LogP contribution in [0.2, 0.25) is 0 Å². The Kier molecular flexibility index (Phi) is 2.13. The molecule has 0 saturated heterocycles. The van der Waals surface area contributed by atoms with Crippen molar-refractivity contribution in [1.29, 1.82) is 0 Å². The minimum absolute atomic E-state index is 0.0975. The van der Waals surface area contributed by atoms with E-state index >= 15 is 0 Å². The molecule has 4 nitrogen and oxygen atoms in total. The molecule has 0 aliphatic heterocycles. The van der Waals surface area contributed by atoms with Gasteiger partial charge in [-0.1, -0.05) is 5.16 Å². The molecule has 0 aliphatic carbocycles. The first-order valence-corrected chi connectivity index (χ1v) is 2.98. The van der Waals surface area contributed by atoms with Crippen LogP contribution in [0.3, 0.4) is 0 Å². The van der Waals surface area contributed by atoms with Crippen molar-refractivity contribution >= 4 is 0 Å². The van der Waals surface area contributed by atoms with Gasteiger partial charge in [0, 0.05) is 0 Å². The second-order valence-corrected chi connectivity index (χ2v) is 2.08. The zero-order chi connectivity index (χ0) is 8.43. The maximum Gasteiger partial charge on any atom is 0.315 e. The van der Waals surface area contributed by atoms with Gasteiger partial charge < -0.3 is 10.3 Å². The molecule has 1 atom stereocenters. The van der Waals surface area contributed by atoms with Crippen molar-refractivity contribution in [2.45, 2.75) is 19.4 Å². The van der Waals surface area contributed by atoms with Gasteiger partial charge in [0.2, 0.25) is 0 Å². The van der Waals surface area contributed by atoms with Crippen molar-refractivity contribution < 1.29 is 13.3 Å². The fraction of sp³-hybridized carbons (Fsp3) is 0.600. The van der Waals surface area contributed by atoms with Crippen LogP contribution in [0.1, 0.15) is 31.1 Å². The number of halogens is 2. The second-order valence-electron chi connectivity index (χ2n) is 2.08. The summed E-state index contributed by atoms with van der Waals surface area (Å²) in [5.74, 6) is -0.586. The highest BCUT2D eigenvalue weighted by atomic mass is 19.3. The molecule has 62 valence electrons. The van der Waals surface area contributed by atoms with E-state index in [1.807, 2.05) is 0 Å². The van der Waals surface area contributed by atoms with Gasteiger partial charge in [0.25, 0.3) is 5.89 Å². The summed E-state index contributed by atoms with van der Waals surface area (Å²) in [4.78, 5) is 3.36. The van der Waals surface area contributed by atoms with Crippen molar-refractivity contribution in [3.63, 3.8) is 0 Å². The maximum absolute atomic E-state index is 11.8. The molecule has 0 unspecified atom stereocenters. The molecule has 1 rings (SSSR count). The lowest BCUT2D eigenvalue weighted by Gasteiger charge is -1.92. The normalized spacial score (nSPS) is 13.9. The second kappa shape index (κ2) is 2.91. The Balaban J connectivity index is 2.82. The topological polar surface area (TPSA) is 64.9 Å². The van der Waals surface area contributed by atoms with Gasteiger partial charge in [0.05, 0.1) is 6.04 Å². The predicted molar refractivity (Wildman–Crippen MR) is 31.9 cm³/mol. The highest BCUT2D eigenvalue weighted by Crippen LogP contribution is 2.17. The van der Waals surface area contributed by atoms with Crippen LogP contribution < -0.4 is 5.73 Å². The first-order valence-electron chi connectivity index (χ1n) is 2.98. The number of hydrogen-bond donors (Lipinski definition) is 1. The number of aromatic nitrogens is 2. The summed E-state index contributed by atoms with van der Waals surface area (Å²) in [6.45, 7) is 1.58. The van der Waals surface area contributed by atoms with E-state index < -0.39 is 18.4 Å². The predicted octanol–water partition coefficient (Wildman–Crippen LogP) is 1.03. The van der Waals surface area contributed by atoms with E-state index in [0.29, 0.717) is 0 Å². The number of nitrogens with two attached hydrogens (primary N) is 1. The van der Waals surface area contributed by atoms with Crippen molar-refractivity contribution in [3.05, 3.63) is 11.7 Å². The van der Waals surface area contributed by atoms with Gasteiger partial charge in [-0.25, -0.2) is 0 Å². The van der Waals surface area contributed by atoms with Crippen LogP contribution in [0.4, 0.5) is 8.78 Å². The molecule has 0 saturated carbocycles. The third-order valence-electron chi connectivity index (χ3n) is 1.05. The van der Waals surface area contributed by atoms with E-state index in [2.05, 4.69) is 14.7 Å². The number of nitrogens with zero attached hydrogens (tertiary/aromatic N) is 2. The van der Waals surface area contributed by atoms with Crippen LogP contribution in [-0.2, 0) is 0 Å². The molecule has 0 aromatic carbocycles. The van der Waals surface area contributed by atoms with E-state index in [-0.39, 0.29) is 5.82 Å². The number of hydrogen-bond acceptors (Lipinski definition) is 4. The first-order chi connectivity index (χ1) is 5.11. The zero-order valence-electron chi connectivity index (χ0n) is 5.79. The van der Waals surface area contributed by atoms with E-state index in [1.165, 1.54) is 0 Å². The van der Waals surface area contributed by atoms with Gasteiger partial charge in [-0.15, -0.1) is 0 Å². The largest absolute Gasteiger partial charge is 0.333 e. The quantitative estimate of drug-likeness (QED) is 0.707. The van der Waals surface area contributed by atoms with Crippen LogP contribution in [0, 0.1) is 0 Å². The average molecular weight is 163 g/mol. The molecule has 0 bridgehead atoms. The molecule has 1 aromatic heterocycles. The van der Waals surface area contributed by atoms with Crippen LogP contribution >= 0.6 is 0 Å². The Labute approximate surface area is 61.4 Å². The zero-order valence-corrected chi connectivity index (χ0v) is 5.79. The molecule has 0 radical (unpaired) electrons. The lowest BCUT2D eigenvalue weighted by molar-refractivity contribution is 0.106. The molecular weight excluding hydrogens is 156 g/mol. The van der Waals surface area contributed by atoms with Crippen molar-refractivity contribution in [2.24, 2.45) is 5.73 Å². The standard InChI is InChI=1S/C5H7F2N3O/c1-2(8)4-9-5(3(6)7)11-10-4/h2-3H,8H2,1H3/t2-/m0/s1. The molecule has 1 aromatic rings. The van der Waals surface area contributed by atoms with E-state index in [4.69, 9.17) is 5.73 Å². The molecule has 0 amide bonds. The summed E-state index contributed by atoms with van der Waals surface area (Å²) in [6, 6.07) is -0.480. The Bertz CT molecular complexity index is 213. The minimum atomic E-state index is -2.73. The molecule has 2 N–H and O–H groups in total. The SMILES string of the molecule is C[C@H](N)c1noc(C(F)F)n1. The van der Waals surface area contributed by atoms with Gasteiger partial charge in [0.15, 0.2) is 5.82 Å². The van der Waals surface area contributed by atoms with E-state index in [1.54, 1.807) is 6.92 Å². The van der Waals surface area contributed by atoms with Gasteiger partial charge in [0.1, 0.15) is 0 Å². The highest BCUT2D eigenvalue weighted by molar-refractivity contribution is 4.91. The first kappa shape index (κ1) is 8.06. The van der Waals surface area contributed by atoms with Gasteiger partial charge >= 0.3 is 6.43 Å². The Morgan fingerprint density at radius 1 is 1.55 bits per heavy atom. The molecule has 0 fully saturated rings. The summed E-state index contributed by atoms with van der Waals surface area (Å²) in [7, 11) is 0. The summed E-state index contributed by atoms with van der Waals surface area (Å²) in [5, 5.41) is 3.25. The summed E-state index contributed by atoms with van der Waals surface area (Å²) in [5.41, 5.74) is 5.30. The summed E-state index contributed by atoms with van der Waals surface area (Å²) >= 11 is 0. The lowest BCUT2D eigenvalue weighted by Crippen LogP contribution is -2.06. The highest BCUT2D eigenvalue weighted by Gasteiger charge is 2.17. The minimum Gasteiger partial charge on any atom is -0.333 e. The maximum atomic E-state index is 11.8. The van der Waals surface area contributed by atoms with Crippen LogP contribution in [0.15, 0.2) is 4.52 Å².